The standard InChI is InChI=1S/C33H44BrN3O7/c1-6-8-15-24(39)35-20-23(21-13-10-9-11-14-21)43-31(42)25-26-29(40)36(17-12-18-38)28(33(26)19-22(34)27(25)44-33)30(41)37(16-7-2)32(3,4)5/h6-7,9-11,13-14,22-23,25-28,38H,1-2,8,12,15-20H2,3-5H3,(H,35,39)/t22?,23-,25-,26+,27-,28-,33+/m0/s1. The van der Waals surface area contributed by atoms with E-state index >= 15 is 0 Å². The van der Waals surface area contributed by atoms with Crippen LogP contribution in [0.5, 0.6) is 0 Å². The molecule has 1 aromatic carbocycles. The lowest BCUT2D eigenvalue weighted by molar-refractivity contribution is -0.160. The Hall–Kier alpha value is -3.02. The van der Waals surface area contributed by atoms with Gasteiger partial charge < -0.3 is 29.7 Å². The van der Waals surface area contributed by atoms with Gasteiger partial charge in [-0.1, -0.05) is 58.4 Å². The number of halogens is 1. The first kappa shape index (κ1) is 33.9. The molecule has 240 valence electrons. The maximum Gasteiger partial charge on any atom is 0.313 e. The van der Waals surface area contributed by atoms with Crippen LogP contribution in [-0.2, 0) is 28.7 Å². The largest absolute Gasteiger partial charge is 0.455 e. The number of aliphatic hydroxyl groups excluding tert-OH is 1. The number of nitrogens with one attached hydrogen (secondary N) is 1. The van der Waals surface area contributed by atoms with Crippen LogP contribution in [0.4, 0.5) is 0 Å². The van der Waals surface area contributed by atoms with E-state index in [0.29, 0.717) is 18.4 Å². The lowest BCUT2D eigenvalue weighted by atomic mass is 9.70. The van der Waals surface area contributed by atoms with Crippen molar-refractivity contribution in [1.82, 2.24) is 15.1 Å². The molecule has 3 aliphatic heterocycles. The minimum Gasteiger partial charge on any atom is -0.455 e. The van der Waals surface area contributed by atoms with Crippen molar-refractivity contribution in [2.75, 3.05) is 26.2 Å². The molecule has 11 heteroatoms. The van der Waals surface area contributed by atoms with Gasteiger partial charge in [0.05, 0.1) is 24.5 Å². The van der Waals surface area contributed by atoms with E-state index in [1.807, 2.05) is 51.1 Å². The highest BCUT2D eigenvalue weighted by atomic mass is 79.9. The van der Waals surface area contributed by atoms with Gasteiger partial charge in [-0.05, 0) is 45.6 Å². The number of ether oxygens (including phenoxy) is 2. The fraction of sp³-hybridized carbons (Fsp3) is 0.576. The smallest absolute Gasteiger partial charge is 0.313 e. The number of alkyl halides is 1. The summed E-state index contributed by atoms with van der Waals surface area (Å²) in [6.45, 7) is 13.5. The van der Waals surface area contributed by atoms with E-state index in [4.69, 9.17) is 9.47 Å². The van der Waals surface area contributed by atoms with E-state index in [0.717, 1.165) is 0 Å². The number of nitrogens with zero attached hydrogens (tertiary/aromatic N) is 2. The van der Waals surface area contributed by atoms with E-state index in [1.165, 1.54) is 4.90 Å². The highest BCUT2D eigenvalue weighted by molar-refractivity contribution is 9.09. The molecular weight excluding hydrogens is 630 g/mol. The van der Waals surface area contributed by atoms with Crippen molar-refractivity contribution in [2.24, 2.45) is 11.8 Å². The zero-order valence-electron chi connectivity index (χ0n) is 25.7. The molecule has 0 saturated carbocycles. The van der Waals surface area contributed by atoms with Gasteiger partial charge in [-0.3, -0.25) is 19.2 Å². The Bertz CT molecular complexity index is 1250. The maximum atomic E-state index is 14.4. The molecule has 0 radical (unpaired) electrons. The van der Waals surface area contributed by atoms with E-state index in [-0.39, 0.29) is 61.6 Å². The third-order valence-corrected chi connectivity index (χ3v) is 9.57. The van der Waals surface area contributed by atoms with Crippen LogP contribution in [0.3, 0.4) is 0 Å². The first-order chi connectivity index (χ1) is 20.9. The van der Waals surface area contributed by atoms with E-state index < -0.39 is 47.2 Å². The summed E-state index contributed by atoms with van der Waals surface area (Å²) in [5.74, 6) is -3.38. The van der Waals surface area contributed by atoms with Crippen molar-refractivity contribution < 1.29 is 33.8 Å². The van der Waals surface area contributed by atoms with Crippen LogP contribution in [0.2, 0.25) is 0 Å². The number of likely N-dealkylation sites (tertiary alicyclic amines) is 1. The van der Waals surface area contributed by atoms with Gasteiger partial charge in [0.1, 0.15) is 17.7 Å². The fourth-order valence-corrected chi connectivity index (χ4v) is 7.72. The minimum atomic E-state index is -1.25. The predicted octanol–water partition coefficient (Wildman–Crippen LogP) is 3.30. The molecule has 3 saturated heterocycles. The number of hydrogen-bond acceptors (Lipinski definition) is 7. The Balaban J connectivity index is 1.67. The van der Waals surface area contributed by atoms with Gasteiger partial charge in [0.2, 0.25) is 17.7 Å². The third kappa shape index (κ3) is 6.50. The number of hydrogen-bond donors (Lipinski definition) is 2. The average molecular weight is 675 g/mol. The number of amides is 3. The fourth-order valence-electron chi connectivity index (χ4n) is 6.77. The number of aliphatic hydroxyl groups is 1. The van der Waals surface area contributed by atoms with Crippen molar-refractivity contribution in [2.45, 2.75) is 80.7 Å². The summed E-state index contributed by atoms with van der Waals surface area (Å²) in [5, 5.41) is 12.5. The Kier molecular flexibility index (Phi) is 10.7. The van der Waals surface area contributed by atoms with E-state index in [2.05, 4.69) is 34.4 Å². The SMILES string of the molecule is C=CCCC(=O)NC[C@H](OC(=O)[C@@H]1[C@H]2O[C@@]3(CC2Br)[C@H](C(=O)N(CC=C)C(C)(C)C)N(CCCO)C(=O)[C@@H]13)c1ccccc1. The summed E-state index contributed by atoms with van der Waals surface area (Å²) >= 11 is 3.69. The maximum absolute atomic E-state index is 14.4. The van der Waals surface area contributed by atoms with Crippen molar-refractivity contribution in [3.8, 4) is 0 Å². The van der Waals surface area contributed by atoms with E-state index in [9.17, 15) is 24.3 Å². The van der Waals surface area contributed by atoms with Crippen LogP contribution in [-0.4, -0.2) is 93.0 Å². The van der Waals surface area contributed by atoms with Gasteiger partial charge in [0.25, 0.3) is 0 Å². The second-order valence-electron chi connectivity index (χ2n) is 12.6. The molecule has 4 rings (SSSR count). The van der Waals surface area contributed by atoms with Gasteiger partial charge in [-0.2, -0.15) is 0 Å². The quantitative estimate of drug-likeness (QED) is 0.176. The van der Waals surface area contributed by atoms with Gasteiger partial charge in [-0.15, -0.1) is 13.2 Å². The van der Waals surface area contributed by atoms with Crippen LogP contribution >= 0.6 is 15.9 Å². The molecule has 3 aliphatic rings. The topological polar surface area (TPSA) is 125 Å². The number of benzene rings is 1. The molecule has 1 aromatic rings. The number of carbonyl (C=O) groups excluding carboxylic acids is 4. The number of allylic oxidation sites excluding steroid dienone is 1. The Morgan fingerprint density at radius 2 is 1.95 bits per heavy atom. The highest BCUT2D eigenvalue weighted by Crippen LogP contribution is 2.60. The molecule has 1 unspecified atom stereocenters. The van der Waals surface area contributed by atoms with E-state index in [1.54, 1.807) is 17.1 Å². The average Bonchev–Trinajstić information content (AvgIpc) is 3.58. The zero-order valence-corrected chi connectivity index (χ0v) is 27.3. The van der Waals surface area contributed by atoms with Crippen LogP contribution in [0.15, 0.2) is 55.6 Å². The summed E-state index contributed by atoms with van der Waals surface area (Å²) in [6.07, 6.45) is 3.23. The summed E-state index contributed by atoms with van der Waals surface area (Å²) in [4.78, 5) is 57.9. The van der Waals surface area contributed by atoms with Crippen LogP contribution in [0, 0.1) is 11.8 Å². The highest BCUT2D eigenvalue weighted by Gasteiger charge is 2.77. The molecule has 1 spiro atoms. The molecule has 7 atom stereocenters. The van der Waals surface area contributed by atoms with Gasteiger partial charge in [-0.25, -0.2) is 0 Å². The normalized spacial score (nSPS) is 27.9. The monoisotopic (exact) mass is 673 g/mol. The predicted molar refractivity (Wildman–Crippen MR) is 168 cm³/mol. The van der Waals surface area contributed by atoms with Crippen LogP contribution in [0.25, 0.3) is 0 Å². The molecule has 0 aliphatic carbocycles. The molecule has 3 amide bonds. The first-order valence-corrected chi connectivity index (χ1v) is 16.1. The number of fused-ring (bicyclic) bond motifs is 1. The molecule has 2 bridgehead atoms. The zero-order chi connectivity index (χ0) is 32.2. The summed E-state index contributed by atoms with van der Waals surface area (Å²) in [6, 6.07) is 8.12. The third-order valence-electron chi connectivity index (χ3n) is 8.73. The second kappa shape index (κ2) is 14.0. The minimum absolute atomic E-state index is 0.0529. The van der Waals surface area contributed by atoms with Gasteiger partial charge in [0.15, 0.2) is 0 Å². The second-order valence-corrected chi connectivity index (χ2v) is 13.8. The van der Waals surface area contributed by atoms with Crippen molar-refractivity contribution >= 4 is 39.6 Å². The Labute approximate surface area is 267 Å². The molecule has 44 heavy (non-hydrogen) atoms. The Morgan fingerprint density at radius 3 is 2.57 bits per heavy atom. The lowest BCUT2D eigenvalue weighted by Gasteiger charge is -2.42. The molecule has 0 aromatic heterocycles. The molecule has 3 fully saturated rings. The molecule has 2 N–H and O–H groups in total. The summed E-state index contributed by atoms with van der Waals surface area (Å²) in [5.41, 5.74) is -1.13. The van der Waals surface area contributed by atoms with Crippen LogP contribution in [0.1, 0.15) is 58.1 Å². The molecule has 10 nitrogen and oxygen atoms in total. The van der Waals surface area contributed by atoms with Crippen LogP contribution < -0.4 is 5.32 Å². The Morgan fingerprint density at radius 1 is 1.25 bits per heavy atom. The molecule has 3 heterocycles. The summed E-state index contributed by atoms with van der Waals surface area (Å²) < 4.78 is 12.7. The van der Waals surface area contributed by atoms with Crippen molar-refractivity contribution in [3.63, 3.8) is 0 Å². The van der Waals surface area contributed by atoms with Gasteiger partial charge >= 0.3 is 5.97 Å². The van der Waals surface area contributed by atoms with Crippen molar-refractivity contribution in [3.05, 3.63) is 61.2 Å². The number of rotatable bonds is 14. The molecular formula is C33H44BrN3O7. The first-order valence-electron chi connectivity index (χ1n) is 15.2. The van der Waals surface area contributed by atoms with Crippen molar-refractivity contribution in [1.29, 1.82) is 0 Å². The number of carbonyl (C=O) groups is 4. The van der Waals surface area contributed by atoms with Gasteiger partial charge in [0, 0.05) is 36.5 Å². The summed E-state index contributed by atoms with van der Waals surface area (Å²) in [7, 11) is 0. The lowest BCUT2D eigenvalue weighted by Crippen LogP contribution is -2.60. The number of esters is 1.